The normalized spacial score (nSPS) is 25.7. The first-order chi connectivity index (χ1) is 13.8. The molecule has 2 atom stereocenters. The highest BCUT2D eigenvalue weighted by molar-refractivity contribution is 5.92. The number of rotatable bonds is 5. The quantitative estimate of drug-likeness (QED) is 0.341. The first-order valence-electron chi connectivity index (χ1n) is 11.6. The van der Waals surface area contributed by atoms with E-state index in [2.05, 4.69) is 65.8 Å². The molecule has 0 heterocycles. The number of hydrogen-bond acceptors (Lipinski definition) is 2. The molecule has 2 rings (SSSR count). The summed E-state index contributed by atoms with van der Waals surface area (Å²) in [6, 6.07) is 0. The molecule has 2 aliphatic carbocycles. The Kier molecular flexibility index (Phi) is 9.72. The Morgan fingerprint density at radius 3 is 1.80 bits per heavy atom. The van der Waals surface area contributed by atoms with Gasteiger partial charge in [0.1, 0.15) is 0 Å². The maximum atomic E-state index is 11.3. The highest BCUT2D eigenvalue weighted by Crippen LogP contribution is 2.42. The van der Waals surface area contributed by atoms with Crippen LogP contribution in [-0.4, -0.2) is 11.6 Å². The second kappa shape index (κ2) is 11.1. The van der Waals surface area contributed by atoms with Gasteiger partial charge in [-0.15, -0.1) is 0 Å². The average molecular weight is 413 g/mol. The molecular weight excluding hydrogens is 368 g/mol. The summed E-state index contributed by atoms with van der Waals surface area (Å²) in [4.78, 5) is 22.5. The van der Waals surface area contributed by atoms with Crippen LogP contribution in [0.4, 0.5) is 0 Å². The maximum Gasteiger partial charge on any atom is 0.155 e. The SMILES string of the molecule is CC(=O)C(C)=CC1C(C)=CCCC1(C)C.CCC(=O)C=CC1C(C)=CCCC1(C)C. The van der Waals surface area contributed by atoms with Crippen molar-refractivity contribution in [3.05, 3.63) is 47.1 Å². The molecule has 168 valence electrons. The van der Waals surface area contributed by atoms with Gasteiger partial charge in [-0.25, -0.2) is 0 Å². The summed E-state index contributed by atoms with van der Waals surface area (Å²) in [7, 11) is 0. The van der Waals surface area contributed by atoms with Crippen molar-refractivity contribution in [3.8, 4) is 0 Å². The van der Waals surface area contributed by atoms with E-state index in [1.54, 1.807) is 13.0 Å². The lowest BCUT2D eigenvalue weighted by Crippen LogP contribution is -2.26. The minimum Gasteiger partial charge on any atom is -0.295 e. The molecule has 0 N–H and O–H groups in total. The van der Waals surface area contributed by atoms with E-state index in [9.17, 15) is 9.59 Å². The predicted octanol–water partition coefficient (Wildman–Crippen LogP) is 7.81. The van der Waals surface area contributed by atoms with Crippen LogP contribution in [0.3, 0.4) is 0 Å². The van der Waals surface area contributed by atoms with Crippen LogP contribution in [0.5, 0.6) is 0 Å². The number of ketones is 2. The average Bonchev–Trinajstić information content (AvgIpc) is 2.63. The van der Waals surface area contributed by atoms with Gasteiger partial charge in [-0.3, -0.25) is 9.59 Å². The standard InChI is InChI=1S/2C14H22O/c1-10-7-6-8-14(4,5)13(10)9-11(2)12(3)15;1-5-12(15)8-9-13-11(2)7-6-10-14(13,3)4/h7,9,13H,6,8H2,1-5H3;7-9,13H,5-6,10H2,1-4H3. The van der Waals surface area contributed by atoms with Gasteiger partial charge in [-0.05, 0) is 75.9 Å². The van der Waals surface area contributed by atoms with Crippen molar-refractivity contribution in [1.82, 2.24) is 0 Å². The number of carbonyl (C=O) groups excluding carboxylic acids is 2. The lowest BCUT2D eigenvalue weighted by molar-refractivity contribution is -0.114. The summed E-state index contributed by atoms with van der Waals surface area (Å²) < 4.78 is 0. The summed E-state index contributed by atoms with van der Waals surface area (Å²) in [5.41, 5.74) is 4.29. The smallest absolute Gasteiger partial charge is 0.155 e. The summed E-state index contributed by atoms with van der Waals surface area (Å²) in [6.45, 7) is 19.0. The zero-order valence-electron chi connectivity index (χ0n) is 20.9. The Hall–Kier alpha value is -1.70. The van der Waals surface area contributed by atoms with Crippen LogP contribution < -0.4 is 0 Å². The van der Waals surface area contributed by atoms with Crippen molar-refractivity contribution in [2.45, 2.75) is 94.4 Å². The molecule has 0 amide bonds. The number of Topliss-reactive ketones (excluding diaryl/α,β-unsaturated/α-hetero) is 1. The molecule has 0 aromatic heterocycles. The molecule has 2 unspecified atom stereocenters. The number of allylic oxidation sites excluding steroid dienone is 8. The Bertz CT molecular complexity index is 739. The van der Waals surface area contributed by atoms with Gasteiger partial charge >= 0.3 is 0 Å². The van der Waals surface area contributed by atoms with Crippen molar-refractivity contribution in [1.29, 1.82) is 0 Å². The number of carbonyl (C=O) groups is 2. The van der Waals surface area contributed by atoms with Crippen LogP contribution >= 0.6 is 0 Å². The number of hydrogen-bond donors (Lipinski definition) is 0. The van der Waals surface area contributed by atoms with Gasteiger partial charge in [-0.2, -0.15) is 0 Å². The molecule has 2 aliphatic rings. The molecular formula is C28H44O2. The third-order valence-electron chi connectivity index (χ3n) is 6.97. The van der Waals surface area contributed by atoms with E-state index >= 15 is 0 Å². The monoisotopic (exact) mass is 412 g/mol. The van der Waals surface area contributed by atoms with Gasteiger partial charge in [0.2, 0.25) is 0 Å². The Balaban J connectivity index is 0.000000300. The fourth-order valence-electron chi connectivity index (χ4n) is 4.60. The predicted molar refractivity (Wildman–Crippen MR) is 129 cm³/mol. The van der Waals surface area contributed by atoms with Gasteiger partial charge in [0, 0.05) is 18.3 Å². The fraction of sp³-hybridized carbons (Fsp3) is 0.643. The van der Waals surface area contributed by atoms with E-state index in [1.807, 2.05) is 13.8 Å². The third kappa shape index (κ3) is 7.52. The Morgan fingerprint density at radius 2 is 1.40 bits per heavy atom. The van der Waals surface area contributed by atoms with E-state index in [0.29, 0.717) is 23.7 Å². The van der Waals surface area contributed by atoms with Crippen molar-refractivity contribution >= 4 is 11.6 Å². The molecule has 0 aliphatic heterocycles. The molecule has 0 aromatic rings. The summed E-state index contributed by atoms with van der Waals surface area (Å²) >= 11 is 0. The van der Waals surface area contributed by atoms with E-state index in [0.717, 1.165) is 5.57 Å². The Morgan fingerprint density at radius 1 is 0.933 bits per heavy atom. The minimum atomic E-state index is 0.184. The molecule has 0 bridgehead atoms. The second-order valence-corrected chi connectivity index (χ2v) is 10.5. The fourth-order valence-corrected chi connectivity index (χ4v) is 4.60. The molecule has 0 aromatic carbocycles. The Labute approximate surface area is 185 Å². The van der Waals surface area contributed by atoms with Gasteiger partial charge < -0.3 is 0 Å². The summed E-state index contributed by atoms with van der Waals surface area (Å²) in [6.07, 6.45) is 16.0. The molecule has 0 saturated heterocycles. The van der Waals surface area contributed by atoms with Crippen molar-refractivity contribution < 1.29 is 9.59 Å². The van der Waals surface area contributed by atoms with E-state index in [4.69, 9.17) is 0 Å². The summed E-state index contributed by atoms with van der Waals surface area (Å²) in [5.74, 6) is 1.27. The van der Waals surface area contributed by atoms with Crippen LogP contribution in [0.25, 0.3) is 0 Å². The third-order valence-corrected chi connectivity index (χ3v) is 6.97. The summed E-state index contributed by atoms with van der Waals surface area (Å²) in [5, 5.41) is 0. The molecule has 30 heavy (non-hydrogen) atoms. The lowest BCUT2D eigenvalue weighted by Gasteiger charge is -2.37. The molecule has 0 spiro atoms. The largest absolute Gasteiger partial charge is 0.295 e. The van der Waals surface area contributed by atoms with Gasteiger partial charge in [0.25, 0.3) is 0 Å². The van der Waals surface area contributed by atoms with Crippen LogP contribution in [0.15, 0.2) is 47.1 Å². The maximum absolute atomic E-state index is 11.3. The van der Waals surface area contributed by atoms with Crippen LogP contribution in [0.1, 0.15) is 94.4 Å². The van der Waals surface area contributed by atoms with Crippen LogP contribution in [0.2, 0.25) is 0 Å². The molecule has 2 nitrogen and oxygen atoms in total. The highest BCUT2D eigenvalue weighted by Gasteiger charge is 2.32. The first-order valence-corrected chi connectivity index (χ1v) is 11.6. The lowest BCUT2D eigenvalue weighted by atomic mass is 9.68. The van der Waals surface area contributed by atoms with E-state index < -0.39 is 0 Å². The van der Waals surface area contributed by atoms with Crippen molar-refractivity contribution in [3.63, 3.8) is 0 Å². The van der Waals surface area contributed by atoms with E-state index in [1.165, 1.54) is 36.8 Å². The highest BCUT2D eigenvalue weighted by atomic mass is 16.1. The zero-order valence-corrected chi connectivity index (χ0v) is 20.9. The van der Waals surface area contributed by atoms with Gasteiger partial charge in [0.05, 0.1) is 0 Å². The first kappa shape index (κ1) is 26.3. The van der Waals surface area contributed by atoms with Crippen LogP contribution in [-0.2, 0) is 9.59 Å². The zero-order chi connectivity index (χ0) is 23.1. The minimum absolute atomic E-state index is 0.184. The topological polar surface area (TPSA) is 34.1 Å². The van der Waals surface area contributed by atoms with Gasteiger partial charge in [0.15, 0.2) is 11.6 Å². The van der Waals surface area contributed by atoms with Crippen molar-refractivity contribution in [2.75, 3.05) is 0 Å². The molecule has 0 radical (unpaired) electrons. The van der Waals surface area contributed by atoms with E-state index in [-0.39, 0.29) is 17.0 Å². The second-order valence-electron chi connectivity index (χ2n) is 10.5. The van der Waals surface area contributed by atoms with Gasteiger partial charge in [-0.1, -0.05) is 70.1 Å². The van der Waals surface area contributed by atoms with Crippen LogP contribution in [0, 0.1) is 22.7 Å². The van der Waals surface area contributed by atoms with Crippen molar-refractivity contribution in [2.24, 2.45) is 22.7 Å². The molecule has 2 heteroatoms. The molecule has 0 saturated carbocycles. The molecule has 0 fully saturated rings.